The molecule has 2 N–H and O–H groups in total. The minimum atomic E-state index is -4.10. The zero-order chi connectivity index (χ0) is 9.61. The quantitative estimate of drug-likeness (QED) is 0.676. The standard InChI is InChI=1S/C7H14F3NO/c1-11-5-6(12)3-2-4-7(8,9)10/h6,11-12H,2-5H2,1H3. The second kappa shape index (κ2) is 5.37. The molecule has 0 fully saturated rings. The van der Waals surface area contributed by atoms with E-state index in [1.807, 2.05) is 0 Å². The summed E-state index contributed by atoms with van der Waals surface area (Å²) in [5, 5.41) is 11.7. The van der Waals surface area contributed by atoms with Gasteiger partial charge in [0.05, 0.1) is 6.10 Å². The highest BCUT2D eigenvalue weighted by atomic mass is 19.4. The van der Waals surface area contributed by atoms with E-state index in [0.29, 0.717) is 6.54 Å². The van der Waals surface area contributed by atoms with Crippen molar-refractivity contribution in [1.82, 2.24) is 5.32 Å². The molecule has 74 valence electrons. The van der Waals surface area contributed by atoms with Crippen molar-refractivity contribution in [3.05, 3.63) is 0 Å². The average Bonchev–Trinajstić information content (AvgIpc) is 1.84. The zero-order valence-electron chi connectivity index (χ0n) is 6.99. The van der Waals surface area contributed by atoms with Gasteiger partial charge in [-0.1, -0.05) is 0 Å². The van der Waals surface area contributed by atoms with Crippen LogP contribution in [-0.4, -0.2) is 31.0 Å². The molecule has 0 aromatic heterocycles. The lowest BCUT2D eigenvalue weighted by Crippen LogP contribution is -2.23. The second-order valence-electron chi connectivity index (χ2n) is 2.72. The minimum absolute atomic E-state index is 0.00759. The largest absolute Gasteiger partial charge is 0.392 e. The Morgan fingerprint density at radius 2 is 2.00 bits per heavy atom. The van der Waals surface area contributed by atoms with E-state index >= 15 is 0 Å². The van der Waals surface area contributed by atoms with E-state index in [1.165, 1.54) is 0 Å². The lowest BCUT2D eigenvalue weighted by molar-refractivity contribution is -0.136. The van der Waals surface area contributed by atoms with E-state index < -0.39 is 18.7 Å². The number of alkyl halides is 3. The van der Waals surface area contributed by atoms with E-state index in [-0.39, 0.29) is 12.8 Å². The second-order valence-corrected chi connectivity index (χ2v) is 2.72. The third-order valence-corrected chi connectivity index (χ3v) is 1.44. The smallest absolute Gasteiger partial charge is 0.389 e. The molecule has 0 heterocycles. The summed E-state index contributed by atoms with van der Waals surface area (Å²) in [5.41, 5.74) is 0. The molecule has 1 atom stereocenters. The Hall–Kier alpha value is -0.290. The van der Waals surface area contributed by atoms with Crippen LogP contribution in [0.25, 0.3) is 0 Å². The van der Waals surface area contributed by atoms with Crippen molar-refractivity contribution in [3.8, 4) is 0 Å². The molecule has 0 aliphatic rings. The summed E-state index contributed by atoms with van der Waals surface area (Å²) in [4.78, 5) is 0. The van der Waals surface area contributed by atoms with Gasteiger partial charge in [-0.05, 0) is 19.9 Å². The fourth-order valence-corrected chi connectivity index (χ4v) is 0.876. The first kappa shape index (κ1) is 11.7. The third kappa shape index (κ3) is 7.81. The molecule has 2 nitrogen and oxygen atoms in total. The maximum absolute atomic E-state index is 11.6. The van der Waals surface area contributed by atoms with Gasteiger partial charge in [0.1, 0.15) is 0 Å². The Bertz CT molecular complexity index is 116. The third-order valence-electron chi connectivity index (χ3n) is 1.44. The lowest BCUT2D eigenvalue weighted by atomic mass is 10.1. The van der Waals surface area contributed by atoms with Crippen molar-refractivity contribution in [3.63, 3.8) is 0 Å². The highest BCUT2D eigenvalue weighted by molar-refractivity contribution is 4.59. The van der Waals surface area contributed by atoms with Crippen LogP contribution in [0, 0.1) is 0 Å². The number of hydrogen-bond acceptors (Lipinski definition) is 2. The maximum Gasteiger partial charge on any atom is 0.389 e. The summed E-state index contributed by atoms with van der Waals surface area (Å²) in [7, 11) is 1.65. The average molecular weight is 185 g/mol. The molecule has 0 amide bonds. The molecular weight excluding hydrogens is 171 g/mol. The topological polar surface area (TPSA) is 32.3 Å². The fourth-order valence-electron chi connectivity index (χ4n) is 0.876. The molecule has 0 rings (SSSR count). The summed E-state index contributed by atoms with van der Waals surface area (Å²) in [6.45, 7) is 0.345. The van der Waals surface area contributed by atoms with Crippen LogP contribution in [-0.2, 0) is 0 Å². The molecule has 0 bridgehead atoms. The summed E-state index contributed by atoms with van der Waals surface area (Å²) in [6.07, 6.45) is -5.39. The molecule has 0 aliphatic heterocycles. The van der Waals surface area contributed by atoms with Gasteiger partial charge in [-0.2, -0.15) is 13.2 Å². The van der Waals surface area contributed by atoms with Gasteiger partial charge in [-0.25, -0.2) is 0 Å². The maximum atomic E-state index is 11.6. The van der Waals surface area contributed by atoms with Crippen molar-refractivity contribution in [2.45, 2.75) is 31.5 Å². The van der Waals surface area contributed by atoms with Crippen molar-refractivity contribution in [2.24, 2.45) is 0 Å². The normalized spacial score (nSPS) is 14.8. The monoisotopic (exact) mass is 185 g/mol. The Morgan fingerprint density at radius 1 is 1.42 bits per heavy atom. The predicted octanol–water partition coefficient (Wildman–Crippen LogP) is 1.30. The molecule has 0 saturated carbocycles. The highest BCUT2D eigenvalue weighted by Gasteiger charge is 2.26. The first-order chi connectivity index (χ1) is 5.45. The van der Waals surface area contributed by atoms with Gasteiger partial charge < -0.3 is 10.4 Å². The molecule has 1 unspecified atom stereocenters. The number of nitrogens with one attached hydrogen (secondary N) is 1. The lowest BCUT2D eigenvalue weighted by Gasteiger charge is -2.10. The number of aliphatic hydroxyl groups is 1. The van der Waals surface area contributed by atoms with E-state index in [2.05, 4.69) is 5.32 Å². The van der Waals surface area contributed by atoms with Crippen molar-refractivity contribution < 1.29 is 18.3 Å². The molecule has 0 aromatic carbocycles. The summed E-state index contributed by atoms with van der Waals surface area (Å²) in [6, 6.07) is 0. The summed E-state index contributed by atoms with van der Waals surface area (Å²) < 4.78 is 34.8. The van der Waals surface area contributed by atoms with Gasteiger partial charge in [0, 0.05) is 13.0 Å². The zero-order valence-corrected chi connectivity index (χ0v) is 6.99. The van der Waals surface area contributed by atoms with Crippen LogP contribution in [0.5, 0.6) is 0 Å². The molecule has 0 aromatic rings. The van der Waals surface area contributed by atoms with Crippen molar-refractivity contribution in [2.75, 3.05) is 13.6 Å². The van der Waals surface area contributed by atoms with Gasteiger partial charge in [-0.3, -0.25) is 0 Å². The molecule has 0 aliphatic carbocycles. The first-order valence-electron chi connectivity index (χ1n) is 3.85. The van der Waals surface area contributed by atoms with E-state index in [1.54, 1.807) is 7.05 Å². The van der Waals surface area contributed by atoms with Gasteiger partial charge >= 0.3 is 6.18 Å². The molecule has 0 radical (unpaired) electrons. The molecule has 0 spiro atoms. The van der Waals surface area contributed by atoms with Crippen LogP contribution >= 0.6 is 0 Å². The SMILES string of the molecule is CNCC(O)CCCC(F)(F)F. The van der Waals surface area contributed by atoms with Crippen molar-refractivity contribution >= 4 is 0 Å². The molecule has 12 heavy (non-hydrogen) atoms. The molecule has 5 heteroatoms. The van der Waals surface area contributed by atoms with Crippen LogP contribution in [0.1, 0.15) is 19.3 Å². The van der Waals surface area contributed by atoms with Crippen molar-refractivity contribution in [1.29, 1.82) is 0 Å². The minimum Gasteiger partial charge on any atom is -0.392 e. The van der Waals surface area contributed by atoms with Crippen LogP contribution < -0.4 is 5.32 Å². The van der Waals surface area contributed by atoms with Gasteiger partial charge in [0.15, 0.2) is 0 Å². The number of aliphatic hydroxyl groups excluding tert-OH is 1. The van der Waals surface area contributed by atoms with E-state index in [0.717, 1.165) is 0 Å². The van der Waals surface area contributed by atoms with Gasteiger partial charge in [0.2, 0.25) is 0 Å². The first-order valence-corrected chi connectivity index (χ1v) is 3.85. The van der Waals surface area contributed by atoms with Crippen LogP contribution in [0.3, 0.4) is 0 Å². The number of halogens is 3. The molecule has 0 saturated heterocycles. The van der Waals surface area contributed by atoms with Gasteiger partial charge in [-0.15, -0.1) is 0 Å². The number of hydrogen-bond donors (Lipinski definition) is 2. The van der Waals surface area contributed by atoms with Crippen LogP contribution in [0.15, 0.2) is 0 Å². The molecular formula is C7H14F3NO. The number of likely N-dealkylation sites (N-methyl/N-ethyl adjacent to an activating group) is 1. The highest BCUT2D eigenvalue weighted by Crippen LogP contribution is 2.22. The summed E-state index contributed by atoms with van der Waals surface area (Å²) >= 11 is 0. The Kier molecular flexibility index (Phi) is 5.24. The Labute approximate surface area is 69.8 Å². The number of rotatable bonds is 5. The van der Waals surface area contributed by atoms with E-state index in [4.69, 9.17) is 5.11 Å². The predicted molar refractivity (Wildman–Crippen MR) is 39.8 cm³/mol. The van der Waals surface area contributed by atoms with E-state index in [9.17, 15) is 13.2 Å². The van der Waals surface area contributed by atoms with Crippen LogP contribution in [0.4, 0.5) is 13.2 Å². The summed E-state index contributed by atoms with van der Waals surface area (Å²) in [5.74, 6) is 0. The van der Waals surface area contributed by atoms with Gasteiger partial charge in [0.25, 0.3) is 0 Å². The Morgan fingerprint density at radius 3 is 2.42 bits per heavy atom. The Balaban J connectivity index is 3.31. The van der Waals surface area contributed by atoms with Crippen LogP contribution in [0.2, 0.25) is 0 Å². The fraction of sp³-hybridized carbons (Fsp3) is 1.00.